The monoisotopic (exact) mass is 381 g/mol. The molecule has 0 aromatic heterocycles. The highest BCUT2D eigenvalue weighted by molar-refractivity contribution is 9.10. The Kier molecular flexibility index (Phi) is 4.58. The fraction of sp³-hybridized carbons (Fsp3) is 0.500. The van der Waals surface area contributed by atoms with E-state index in [1.54, 1.807) is 19.1 Å². The second-order valence-corrected chi connectivity index (χ2v) is 9.78. The fourth-order valence-electron chi connectivity index (χ4n) is 2.19. The lowest BCUT2D eigenvalue weighted by Crippen LogP contribution is -2.43. The van der Waals surface area contributed by atoms with Crippen LogP contribution in [-0.2, 0) is 19.9 Å². The van der Waals surface area contributed by atoms with Crippen LogP contribution in [0, 0.1) is 6.92 Å². The first-order chi connectivity index (χ1) is 9.20. The van der Waals surface area contributed by atoms with Crippen LogP contribution < -0.4 is 4.72 Å². The number of hydrogen-bond donors (Lipinski definition) is 1. The third kappa shape index (κ3) is 3.81. The van der Waals surface area contributed by atoms with Gasteiger partial charge in [0.2, 0.25) is 10.0 Å². The van der Waals surface area contributed by atoms with Gasteiger partial charge in [-0.05, 0) is 43.5 Å². The van der Waals surface area contributed by atoms with Crippen molar-refractivity contribution < 1.29 is 16.8 Å². The molecule has 1 fully saturated rings. The molecule has 0 amide bonds. The molecular weight excluding hydrogens is 366 g/mol. The largest absolute Gasteiger partial charge is 0.240 e. The quantitative estimate of drug-likeness (QED) is 0.862. The van der Waals surface area contributed by atoms with Gasteiger partial charge >= 0.3 is 0 Å². The Balaban J connectivity index is 2.21. The third-order valence-corrected chi connectivity index (χ3v) is 7.45. The van der Waals surface area contributed by atoms with Gasteiger partial charge in [-0.2, -0.15) is 0 Å². The number of benzene rings is 1. The Labute approximate surface area is 127 Å². The second kappa shape index (κ2) is 5.75. The molecule has 5 nitrogen and oxygen atoms in total. The van der Waals surface area contributed by atoms with E-state index in [0.717, 1.165) is 10.0 Å². The van der Waals surface area contributed by atoms with Crippen molar-refractivity contribution in [2.45, 2.75) is 30.7 Å². The van der Waals surface area contributed by atoms with Gasteiger partial charge in [0.05, 0.1) is 16.4 Å². The van der Waals surface area contributed by atoms with Crippen LogP contribution >= 0.6 is 15.9 Å². The minimum Gasteiger partial charge on any atom is -0.229 e. The SMILES string of the molecule is Cc1cc(S(=O)(=O)NC2CCCS(=O)(=O)C2)ccc1Br. The predicted octanol–water partition coefficient (Wildman–Crippen LogP) is 1.61. The summed E-state index contributed by atoms with van der Waals surface area (Å²) < 4.78 is 50.9. The molecule has 1 aromatic rings. The fourth-order valence-corrected chi connectivity index (χ4v) is 5.53. The zero-order valence-corrected chi connectivity index (χ0v) is 14.2. The van der Waals surface area contributed by atoms with Crippen molar-refractivity contribution >= 4 is 35.8 Å². The molecule has 0 radical (unpaired) electrons. The van der Waals surface area contributed by atoms with Gasteiger partial charge in [0, 0.05) is 10.5 Å². The topological polar surface area (TPSA) is 80.3 Å². The first-order valence-corrected chi connectivity index (χ1v) is 10.3. The molecular formula is C12H16BrNO4S2. The molecule has 1 N–H and O–H groups in total. The highest BCUT2D eigenvalue weighted by Crippen LogP contribution is 2.21. The van der Waals surface area contributed by atoms with Crippen LogP contribution in [-0.4, -0.2) is 34.4 Å². The molecule has 20 heavy (non-hydrogen) atoms. The summed E-state index contributed by atoms with van der Waals surface area (Å²) in [5.74, 6) is 0.0182. The number of rotatable bonds is 3. The summed E-state index contributed by atoms with van der Waals surface area (Å²) in [6, 6.07) is 4.19. The molecule has 112 valence electrons. The van der Waals surface area contributed by atoms with Crippen molar-refractivity contribution in [1.29, 1.82) is 0 Å². The third-order valence-electron chi connectivity index (χ3n) is 3.22. The number of sulfonamides is 1. The molecule has 0 aliphatic carbocycles. The van der Waals surface area contributed by atoms with Gasteiger partial charge in [0.25, 0.3) is 0 Å². The molecule has 2 rings (SSSR count). The zero-order valence-electron chi connectivity index (χ0n) is 11.0. The van der Waals surface area contributed by atoms with Crippen LogP contribution in [0.25, 0.3) is 0 Å². The minimum atomic E-state index is -3.68. The smallest absolute Gasteiger partial charge is 0.229 e. The molecule has 0 saturated carbocycles. The van der Waals surface area contributed by atoms with Crippen molar-refractivity contribution in [2.24, 2.45) is 0 Å². The summed E-state index contributed by atoms with van der Waals surface area (Å²) in [5.41, 5.74) is 0.809. The molecule has 1 heterocycles. The maximum absolute atomic E-state index is 12.3. The number of aryl methyl sites for hydroxylation is 1. The van der Waals surface area contributed by atoms with E-state index < -0.39 is 25.9 Å². The Bertz CT molecular complexity index is 713. The number of nitrogens with one attached hydrogen (secondary N) is 1. The lowest BCUT2D eigenvalue weighted by atomic mass is 10.2. The van der Waals surface area contributed by atoms with Gasteiger partial charge in [-0.1, -0.05) is 15.9 Å². The summed E-state index contributed by atoms with van der Waals surface area (Å²) in [7, 11) is -6.82. The zero-order chi connectivity index (χ0) is 15.0. The van der Waals surface area contributed by atoms with Crippen molar-refractivity contribution in [2.75, 3.05) is 11.5 Å². The molecule has 1 aromatic carbocycles. The molecule has 1 saturated heterocycles. The standard InChI is InChI=1S/C12H16BrNO4S2/c1-9-7-11(4-5-12(9)13)20(17,18)14-10-3-2-6-19(15,16)8-10/h4-5,7,10,14H,2-3,6,8H2,1H3. The number of hydrogen-bond acceptors (Lipinski definition) is 4. The average Bonchev–Trinajstić information content (AvgIpc) is 2.30. The van der Waals surface area contributed by atoms with Crippen molar-refractivity contribution in [1.82, 2.24) is 4.72 Å². The predicted molar refractivity (Wildman–Crippen MR) is 80.9 cm³/mol. The van der Waals surface area contributed by atoms with E-state index in [0.29, 0.717) is 12.8 Å². The summed E-state index contributed by atoms with van der Waals surface area (Å²) in [4.78, 5) is 0.154. The van der Waals surface area contributed by atoms with Crippen molar-refractivity contribution in [3.8, 4) is 0 Å². The highest BCUT2D eigenvalue weighted by atomic mass is 79.9. The van der Waals surface area contributed by atoms with Gasteiger partial charge in [0.1, 0.15) is 0 Å². The maximum atomic E-state index is 12.3. The lowest BCUT2D eigenvalue weighted by molar-refractivity contribution is 0.517. The molecule has 1 aliphatic rings. The van der Waals surface area contributed by atoms with Crippen LogP contribution in [0.4, 0.5) is 0 Å². The molecule has 8 heteroatoms. The molecule has 0 spiro atoms. The summed E-state index contributed by atoms with van der Waals surface area (Å²) in [5, 5.41) is 0. The van der Waals surface area contributed by atoms with Gasteiger partial charge < -0.3 is 0 Å². The number of halogens is 1. The van der Waals surface area contributed by atoms with E-state index in [-0.39, 0.29) is 16.4 Å². The second-order valence-electron chi connectivity index (χ2n) is 4.99. The Hall–Kier alpha value is -0.440. The maximum Gasteiger partial charge on any atom is 0.240 e. The molecule has 1 aliphatic heterocycles. The first kappa shape index (κ1) is 15.9. The lowest BCUT2D eigenvalue weighted by Gasteiger charge is -2.23. The van der Waals surface area contributed by atoms with Crippen molar-refractivity contribution in [3.63, 3.8) is 0 Å². The number of sulfone groups is 1. The van der Waals surface area contributed by atoms with Crippen LogP contribution in [0.1, 0.15) is 18.4 Å². The highest BCUT2D eigenvalue weighted by Gasteiger charge is 2.28. The van der Waals surface area contributed by atoms with Gasteiger partial charge in [0.15, 0.2) is 9.84 Å². The average molecular weight is 382 g/mol. The van der Waals surface area contributed by atoms with E-state index in [2.05, 4.69) is 20.7 Å². The molecule has 1 atom stereocenters. The van der Waals surface area contributed by atoms with Crippen molar-refractivity contribution in [3.05, 3.63) is 28.2 Å². The minimum absolute atomic E-state index is 0.123. The van der Waals surface area contributed by atoms with Crippen LogP contribution in [0.5, 0.6) is 0 Å². The Morgan fingerprint density at radius 2 is 2.05 bits per heavy atom. The van der Waals surface area contributed by atoms with Gasteiger partial charge in [-0.3, -0.25) is 0 Å². The first-order valence-electron chi connectivity index (χ1n) is 6.18. The Morgan fingerprint density at radius 3 is 2.65 bits per heavy atom. The van der Waals surface area contributed by atoms with E-state index in [1.807, 2.05) is 0 Å². The Morgan fingerprint density at radius 1 is 1.35 bits per heavy atom. The normalized spacial score (nSPS) is 22.6. The van der Waals surface area contributed by atoms with E-state index in [4.69, 9.17) is 0 Å². The van der Waals surface area contributed by atoms with E-state index in [1.165, 1.54) is 6.07 Å². The molecule has 0 bridgehead atoms. The van der Waals surface area contributed by atoms with Crippen LogP contribution in [0.3, 0.4) is 0 Å². The van der Waals surface area contributed by atoms with Gasteiger partial charge in [-0.25, -0.2) is 21.6 Å². The summed E-state index contributed by atoms with van der Waals surface area (Å²) >= 11 is 3.31. The molecule has 1 unspecified atom stereocenters. The van der Waals surface area contributed by atoms with E-state index in [9.17, 15) is 16.8 Å². The van der Waals surface area contributed by atoms with Crippen LogP contribution in [0.15, 0.2) is 27.6 Å². The summed E-state index contributed by atoms with van der Waals surface area (Å²) in [6.07, 6.45) is 1.04. The van der Waals surface area contributed by atoms with Crippen LogP contribution in [0.2, 0.25) is 0 Å². The summed E-state index contributed by atoms with van der Waals surface area (Å²) in [6.45, 7) is 1.80. The van der Waals surface area contributed by atoms with Gasteiger partial charge in [-0.15, -0.1) is 0 Å². The van der Waals surface area contributed by atoms with E-state index >= 15 is 0 Å².